The number of hydrogen-bond acceptors (Lipinski definition) is 5. The van der Waals surface area contributed by atoms with Crippen molar-refractivity contribution in [3.8, 4) is 23.2 Å². The van der Waals surface area contributed by atoms with E-state index < -0.39 is 11.7 Å². The third kappa shape index (κ3) is 5.44. The second kappa shape index (κ2) is 8.71. The smallest absolute Gasteiger partial charge is 0.345 e. The molecule has 144 valence electrons. The van der Waals surface area contributed by atoms with Gasteiger partial charge in [-0.2, -0.15) is 29.5 Å². The van der Waals surface area contributed by atoms with Crippen molar-refractivity contribution in [3.63, 3.8) is 0 Å². The van der Waals surface area contributed by atoms with Gasteiger partial charge in [0.1, 0.15) is 0 Å². The van der Waals surface area contributed by atoms with Crippen molar-refractivity contribution in [1.29, 1.82) is 0 Å². The number of carbonyl (C=O) groups is 1. The van der Waals surface area contributed by atoms with E-state index in [2.05, 4.69) is 27.3 Å². The van der Waals surface area contributed by atoms with Crippen LogP contribution in [-0.2, 0) is 17.4 Å². The van der Waals surface area contributed by atoms with Crippen LogP contribution in [0, 0.1) is 11.8 Å². The molecule has 9 heteroatoms. The predicted octanol–water partition coefficient (Wildman–Crippen LogP) is 3.92. The number of aryl methyl sites for hydroxylation is 1. The molecule has 0 saturated carbocycles. The summed E-state index contributed by atoms with van der Waals surface area (Å²) < 4.78 is 43.0. The Balaban J connectivity index is 1.45. The standard InChI is InChI=1S/C19H14F3N3O2S/c20-19(21,22)15-5-1-3-13(11-15)4-2-9-23-16(26)6-7-17-24-18(25-27-17)14-8-10-28-12-14/h1,3,5,8,10-12H,6-7,9H2,(H,23,26). The number of thiophene rings is 1. The fraction of sp³-hybridized carbons (Fsp3) is 0.211. The summed E-state index contributed by atoms with van der Waals surface area (Å²) in [5, 5.41) is 10.2. The van der Waals surface area contributed by atoms with Crippen LogP contribution in [0.15, 0.2) is 45.6 Å². The molecular weight excluding hydrogens is 391 g/mol. The molecule has 1 aromatic carbocycles. The van der Waals surface area contributed by atoms with Crippen molar-refractivity contribution in [2.75, 3.05) is 6.54 Å². The monoisotopic (exact) mass is 405 g/mol. The van der Waals surface area contributed by atoms with Crippen LogP contribution in [0.1, 0.15) is 23.4 Å². The highest BCUT2D eigenvalue weighted by Gasteiger charge is 2.30. The van der Waals surface area contributed by atoms with Gasteiger partial charge in [0, 0.05) is 29.3 Å². The zero-order valence-electron chi connectivity index (χ0n) is 14.4. The minimum atomic E-state index is -4.41. The van der Waals surface area contributed by atoms with Crippen LogP contribution < -0.4 is 5.32 Å². The molecule has 0 saturated heterocycles. The van der Waals surface area contributed by atoms with Crippen molar-refractivity contribution >= 4 is 17.2 Å². The molecule has 0 aliphatic carbocycles. The van der Waals surface area contributed by atoms with Gasteiger partial charge in [-0.3, -0.25) is 4.79 Å². The van der Waals surface area contributed by atoms with E-state index in [0.29, 0.717) is 11.7 Å². The van der Waals surface area contributed by atoms with Crippen LogP contribution in [0.3, 0.4) is 0 Å². The molecular formula is C19H14F3N3O2S. The maximum atomic E-state index is 12.6. The van der Waals surface area contributed by atoms with Gasteiger partial charge in [0.05, 0.1) is 12.1 Å². The van der Waals surface area contributed by atoms with E-state index >= 15 is 0 Å². The van der Waals surface area contributed by atoms with E-state index in [0.717, 1.165) is 17.7 Å². The summed E-state index contributed by atoms with van der Waals surface area (Å²) >= 11 is 1.52. The zero-order chi connectivity index (χ0) is 20.0. The average Bonchev–Trinajstić information content (AvgIpc) is 3.34. The predicted molar refractivity (Wildman–Crippen MR) is 97.3 cm³/mol. The minimum absolute atomic E-state index is 0.0269. The molecule has 0 radical (unpaired) electrons. The van der Waals surface area contributed by atoms with Gasteiger partial charge in [-0.05, 0) is 29.6 Å². The topological polar surface area (TPSA) is 68.0 Å². The van der Waals surface area contributed by atoms with Gasteiger partial charge >= 0.3 is 6.18 Å². The van der Waals surface area contributed by atoms with Crippen LogP contribution in [0.25, 0.3) is 11.4 Å². The number of benzene rings is 1. The van der Waals surface area contributed by atoms with Crippen LogP contribution in [0.4, 0.5) is 13.2 Å². The number of hydrogen-bond donors (Lipinski definition) is 1. The lowest BCUT2D eigenvalue weighted by Gasteiger charge is -2.05. The lowest BCUT2D eigenvalue weighted by atomic mass is 10.1. The minimum Gasteiger partial charge on any atom is -0.345 e. The van der Waals surface area contributed by atoms with Crippen molar-refractivity contribution in [3.05, 3.63) is 58.1 Å². The summed E-state index contributed by atoms with van der Waals surface area (Å²) in [7, 11) is 0. The zero-order valence-corrected chi connectivity index (χ0v) is 15.2. The number of amides is 1. The van der Waals surface area contributed by atoms with Crippen LogP contribution in [-0.4, -0.2) is 22.6 Å². The molecule has 1 N–H and O–H groups in total. The first kappa shape index (κ1) is 19.6. The second-order valence-corrected chi connectivity index (χ2v) is 6.46. The Hall–Kier alpha value is -3.12. The van der Waals surface area contributed by atoms with E-state index in [1.807, 2.05) is 16.8 Å². The molecule has 0 atom stereocenters. The molecule has 1 amide bonds. The summed E-state index contributed by atoms with van der Waals surface area (Å²) in [5.74, 6) is 5.79. The Kier molecular flexibility index (Phi) is 6.11. The summed E-state index contributed by atoms with van der Waals surface area (Å²) in [6, 6.07) is 6.59. The maximum Gasteiger partial charge on any atom is 0.416 e. The van der Waals surface area contributed by atoms with Crippen LogP contribution in [0.5, 0.6) is 0 Å². The van der Waals surface area contributed by atoms with E-state index in [9.17, 15) is 18.0 Å². The molecule has 0 fully saturated rings. The number of halogens is 3. The van der Waals surface area contributed by atoms with Crippen molar-refractivity contribution < 1.29 is 22.5 Å². The number of rotatable bonds is 5. The van der Waals surface area contributed by atoms with E-state index in [1.165, 1.54) is 23.5 Å². The number of carbonyl (C=O) groups excluding carboxylic acids is 1. The van der Waals surface area contributed by atoms with Crippen molar-refractivity contribution in [1.82, 2.24) is 15.5 Å². The molecule has 2 heterocycles. The summed E-state index contributed by atoms with van der Waals surface area (Å²) in [5.41, 5.74) is 0.329. The normalized spacial score (nSPS) is 11.0. The Morgan fingerprint density at radius 3 is 2.89 bits per heavy atom. The van der Waals surface area contributed by atoms with Gasteiger partial charge in [0.25, 0.3) is 0 Å². The highest BCUT2D eigenvalue weighted by molar-refractivity contribution is 7.08. The molecule has 0 aliphatic heterocycles. The first-order valence-electron chi connectivity index (χ1n) is 8.20. The quantitative estimate of drug-likeness (QED) is 0.654. The Labute approximate surface area is 162 Å². The van der Waals surface area contributed by atoms with Crippen LogP contribution in [0.2, 0.25) is 0 Å². The van der Waals surface area contributed by atoms with Gasteiger partial charge in [-0.1, -0.05) is 23.1 Å². The van der Waals surface area contributed by atoms with Gasteiger partial charge in [0.2, 0.25) is 17.6 Å². The van der Waals surface area contributed by atoms with Gasteiger partial charge in [-0.15, -0.1) is 0 Å². The molecule has 0 spiro atoms. The molecule has 5 nitrogen and oxygen atoms in total. The lowest BCUT2D eigenvalue weighted by Crippen LogP contribution is -2.23. The van der Waals surface area contributed by atoms with Gasteiger partial charge in [-0.25, -0.2) is 0 Å². The van der Waals surface area contributed by atoms with Crippen molar-refractivity contribution in [2.24, 2.45) is 0 Å². The van der Waals surface area contributed by atoms with Gasteiger partial charge < -0.3 is 9.84 Å². The number of aromatic nitrogens is 2. The van der Waals surface area contributed by atoms with Crippen molar-refractivity contribution in [2.45, 2.75) is 19.0 Å². The first-order chi connectivity index (χ1) is 13.4. The third-order valence-electron chi connectivity index (χ3n) is 3.61. The summed E-state index contributed by atoms with van der Waals surface area (Å²) in [6.07, 6.45) is -4.00. The molecule has 3 rings (SSSR count). The average molecular weight is 405 g/mol. The van der Waals surface area contributed by atoms with E-state index in [4.69, 9.17) is 4.52 Å². The maximum absolute atomic E-state index is 12.6. The van der Waals surface area contributed by atoms with Crippen LogP contribution >= 0.6 is 11.3 Å². The Morgan fingerprint density at radius 1 is 1.29 bits per heavy atom. The number of nitrogens with one attached hydrogen (secondary N) is 1. The molecule has 28 heavy (non-hydrogen) atoms. The number of alkyl halides is 3. The van der Waals surface area contributed by atoms with E-state index in [1.54, 1.807) is 0 Å². The summed E-state index contributed by atoms with van der Waals surface area (Å²) in [4.78, 5) is 16.1. The largest absolute Gasteiger partial charge is 0.416 e. The molecule has 3 aromatic rings. The molecule has 0 unspecified atom stereocenters. The number of nitrogens with zero attached hydrogens (tertiary/aromatic N) is 2. The highest BCUT2D eigenvalue weighted by Crippen LogP contribution is 2.29. The fourth-order valence-electron chi connectivity index (χ4n) is 2.24. The lowest BCUT2D eigenvalue weighted by molar-refractivity contribution is -0.137. The van der Waals surface area contributed by atoms with E-state index in [-0.39, 0.29) is 30.9 Å². The molecule has 0 aliphatic rings. The fourth-order valence-corrected chi connectivity index (χ4v) is 2.87. The van der Waals surface area contributed by atoms with Gasteiger partial charge in [0.15, 0.2) is 0 Å². The highest BCUT2D eigenvalue weighted by atomic mass is 32.1. The second-order valence-electron chi connectivity index (χ2n) is 5.68. The molecule has 0 bridgehead atoms. The molecule has 2 aromatic heterocycles. The summed E-state index contributed by atoms with van der Waals surface area (Å²) in [6.45, 7) is 0.0269. The third-order valence-corrected chi connectivity index (χ3v) is 4.29. The Morgan fingerprint density at radius 2 is 2.14 bits per heavy atom. The first-order valence-corrected chi connectivity index (χ1v) is 9.14. The Bertz CT molecular complexity index is 1000. The SMILES string of the molecule is O=C(CCc1nc(-c2ccsc2)no1)NCC#Cc1cccc(C(F)(F)F)c1.